The van der Waals surface area contributed by atoms with Gasteiger partial charge in [-0.2, -0.15) is 4.98 Å². The maximum absolute atomic E-state index is 13.2. The van der Waals surface area contributed by atoms with Crippen molar-refractivity contribution in [1.29, 1.82) is 0 Å². The molecule has 3 aliphatic rings. The molecule has 0 amide bonds. The number of halogens is 1. The second-order valence-corrected chi connectivity index (χ2v) is 10.2. The van der Waals surface area contributed by atoms with Gasteiger partial charge in [0.15, 0.2) is 17.9 Å². The van der Waals surface area contributed by atoms with Gasteiger partial charge in [0.2, 0.25) is 0 Å². The lowest BCUT2D eigenvalue weighted by Crippen LogP contribution is -2.44. The normalized spacial score (nSPS) is 34.9. The van der Waals surface area contributed by atoms with Gasteiger partial charge in [-0.3, -0.25) is 18.1 Å². The predicted molar refractivity (Wildman–Crippen MR) is 116 cm³/mol. The monoisotopic (exact) mass is 513 g/mol. The Morgan fingerprint density at radius 3 is 2.94 bits per heavy atom. The van der Waals surface area contributed by atoms with Crippen LogP contribution in [0.1, 0.15) is 31.2 Å². The molecule has 14 heteroatoms. The number of phosphoric acid groups is 1. The average molecular weight is 514 g/mol. The standard InChI is InChI=1S/C20H21ClN3O9P/c1-20-16(31-19(26)32-20)14(30-17(20)24-7-5-15(22)23-18(24)25)10-29-34(27)28-8-6-13(33-34)11-3-2-4-12(21)9-11/h2-5,7,9,13-14,16-17H,6,8,10H2,1H3,(H2,22,23,25)/t13?,14-,16-,17-,20-,34?/m1/s1. The summed E-state index contributed by atoms with van der Waals surface area (Å²) >= 11 is 6.05. The minimum atomic E-state index is -3.99. The van der Waals surface area contributed by atoms with E-state index in [0.717, 1.165) is 10.1 Å². The van der Waals surface area contributed by atoms with Crippen molar-refractivity contribution in [2.75, 3.05) is 18.9 Å². The molecule has 0 radical (unpaired) electrons. The van der Waals surface area contributed by atoms with E-state index < -0.39 is 49.8 Å². The van der Waals surface area contributed by atoms with Crippen LogP contribution < -0.4 is 11.4 Å². The Hall–Kier alpha value is -2.47. The first kappa shape index (κ1) is 23.3. The second kappa shape index (κ2) is 8.63. The highest BCUT2D eigenvalue weighted by Crippen LogP contribution is 2.58. The van der Waals surface area contributed by atoms with Crippen LogP contribution in [0.2, 0.25) is 5.02 Å². The van der Waals surface area contributed by atoms with Crippen molar-refractivity contribution in [3.05, 3.63) is 57.6 Å². The number of hydrogen-bond acceptors (Lipinski definition) is 11. The summed E-state index contributed by atoms with van der Waals surface area (Å²) in [6.45, 7) is 1.36. The van der Waals surface area contributed by atoms with Gasteiger partial charge in [-0.15, -0.1) is 0 Å². The zero-order valence-corrected chi connectivity index (χ0v) is 19.5. The molecule has 0 bridgehead atoms. The van der Waals surface area contributed by atoms with E-state index in [2.05, 4.69) is 4.98 Å². The number of rotatable bonds is 5. The molecule has 3 saturated heterocycles. The van der Waals surface area contributed by atoms with Gasteiger partial charge in [-0.05, 0) is 30.7 Å². The van der Waals surface area contributed by atoms with Crippen molar-refractivity contribution in [3.63, 3.8) is 0 Å². The van der Waals surface area contributed by atoms with E-state index in [0.29, 0.717) is 11.4 Å². The molecule has 0 spiro atoms. The molecule has 34 heavy (non-hydrogen) atoms. The summed E-state index contributed by atoms with van der Waals surface area (Å²) in [7, 11) is -3.99. The van der Waals surface area contributed by atoms with Crippen molar-refractivity contribution < 1.29 is 37.1 Å². The van der Waals surface area contributed by atoms with E-state index in [1.165, 1.54) is 12.3 Å². The van der Waals surface area contributed by atoms with Crippen LogP contribution >= 0.6 is 19.4 Å². The number of nitrogen functional groups attached to an aromatic ring is 1. The van der Waals surface area contributed by atoms with Gasteiger partial charge in [0.1, 0.15) is 11.9 Å². The molecule has 1 aromatic carbocycles. The average Bonchev–Trinajstić information content (AvgIpc) is 3.22. The summed E-state index contributed by atoms with van der Waals surface area (Å²) in [5.41, 5.74) is 4.21. The van der Waals surface area contributed by atoms with Gasteiger partial charge < -0.3 is 19.9 Å². The van der Waals surface area contributed by atoms with Gasteiger partial charge >= 0.3 is 19.7 Å². The smallest absolute Gasteiger partial charge is 0.424 e. The van der Waals surface area contributed by atoms with Crippen LogP contribution in [0, 0.1) is 0 Å². The zero-order valence-electron chi connectivity index (χ0n) is 17.9. The Balaban J connectivity index is 1.33. The molecule has 12 nitrogen and oxygen atoms in total. The Bertz CT molecular complexity index is 1230. The van der Waals surface area contributed by atoms with Crippen molar-refractivity contribution >= 4 is 31.4 Å². The van der Waals surface area contributed by atoms with Crippen molar-refractivity contribution in [2.45, 2.75) is 43.5 Å². The van der Waals surface area contributed by atoms with Gasteiger partial charge in [-0.1, -0.05) is 23.7 Å². The molecule has 0 saturated carbocycles. The summed E-state index contributed by atoms with van der Waals surface area (Å²) in [5.74, 6) is 0.0273. The third kappa shape index (κ3) is 4.21. The number of benzene rings is 1. The van der Waals surface area contributed by atoms with E-state index in [4.69, 9.17) is 45.1 Å². The number of carbonyl (C=O) groups is 1. The molecule has 3 fully saturated rings. The summed E-state index contributed by atoms with van der Waals surface area (Å²) in [5, 5.41) is 0.517. The van der Waals surface area contributed by atoms with Gasteiger partial charge in [-0.25, -0.2) is 14.2 Å². The minimum absolute atomic E-state index is 0.0273. The summed E-state index contributed by atoms with van der Waals surface area (Å²) < 4.78 is 47.4. The first-order chi connectivity index (χ1) is 16.2. The molecule has 0 aliphatic carbocycles. The van der Waals surface area contributed by atoms with E-state index in [1.54, 1.807) is 31.2 Å². The maximum Gasteiger partial charge on any atom is 0.509 e. The highest BCUT2D eigenvalue weighted by Gasteiger charge is 2.64. The Labute approximate surface area is 198 Å². The lowest BCUT2D eigenvalue weighted by molar-refractivity contribution is -0.0959. The van der Waals surface area contributed by atoms with E-state index in [-0.39, 0.29) is 19.0 Å². The van der Waals surface area contributed by atoms with Gasteiger partial charge in [0.25, 0.3) is 0 Å². The summed E-state index contributed by atoms with van der Waals surface area (Å²) in [6, 6.07) is 8.40. The fourth-order valence-electron chi connectivity index (χ4n) is 4.24. The maximum atomic E-state index is 13.2. The van der Waals surface area contributed by atoms with Crippen molar-refractivity contribution in [2.24, 2.45) is 0 Å². The molecule has 3 aliphatic heterocycles. The molecule has 2 aromatic rings. The number of carbonyl (C=O) groups excluding carboxylic acids is 1. The molecular weight excluding hydrogens is 493 g/mol. The molecular formula is C20H21ClN3O9P. The van der Waals surface area contributed by atoms with Crippen LogP contribution in [0.15, 0.2) is 41.3 Å². The van der Waals surface area contributed by atoms with Crippen LogP contribution in [0.4, 0.5) is 10.6 Å². The quantitative estimate of drug-likeness (QED) is 0.464. The lowest BCUT2D eigenvalue weighted by atomic mass is 9.96. The number of ether oxygens (including phenoxy) is 3. The largest absolute Gasteiger partial charge is 0.509 e. The topological polar surface area (TPSA) is 150 Å². The molecule has 6 atom stereocenters. The third-order valence-electron chi connectivity index (χ3n) is 5.83. The van der Waals surface area contributed by atoms with E-state index in [9.17, 15) is 14.2 Å². The molecule has 5 rings (SSSR count). The van der Waals surface area contributed by atoms with Crippen molar-refractivity contribution in [1.82, 2.24) is 9.55 Å². The molecule has 2 unspecified atom stereocenters. The van der Waals surface area contributed by atoms with Crippen molar-refractivity contribution in [3.8, 4) is 0 Å². The molecule has 4 heterocycles. The van der Waals surface area contributed by atoms with Crippen LogP contribution in [0.3, 0.4) is 0 Å². The van der Waals surface area contributed by atoms with Crippen LogP contribution in [-0.2, 0) is 32.3 Å². The zero-order chi connectivity index (χ0) is 24.1. The van der Waals surface area contributed by atoms with Gasteiger partial charge in [0.05, 0.1) is 19.3 Å². The number of aromatic nitrogens is 2. The Morgan fingerprint density at radius 2 is 2.18 bits per heavy atom. The lowest BCUT2D eigenvalue weighted by Gasteiger charge is -2.30. The summed E-state index contributed by atoms with van der Waals surface area (Å²) in [6.07, 6.45) is -2.66. The SMILES string of the molecule is C[C@@]12OC(=O)O[C@@H]1[C@@H](COP1(=O)OCCC(c3cccc(Cl)c3)O1)O[C@H]2n1ccc(N)nc1=O. The highest BCUT2D eigenvalue weighted by molar-refractivity contribution is 7.48. The van der Waals surface area contributed by atoms with Crippen LogP contribution in [-0.4, -0.2) is 46.7 Å². The Morgan fingerprint density at radius 1 is 1.35 bits per heavy atom. The highest BCUT2D eigenvalue weighted by atomic mass is 35.5. The summed E-state index contributed by atoms with van der Waals surface area (Å²) in [4.78, 5) is 28.0. The molecule has 2 N–H and O–H groups in total. The van der Waals surface area contributed by atoms with Crippen LogP contribution in [0.25, 0.3) is 0 Å². The fourth-order valence-corrected chi connectivity index (χ4v) is 5.83. The molecule has 182 valence electrons. The second-order valence-electron chi connectivity index (χ2n) is 8.16. The number of phosphoric ester groups is 1. The van der Waals surface area contributed by atoms with E-state index >= 15 is 0 Å². The Kier molecular flexibility index (Phi) is 5.91. The number of nitrogens with two attached hydrogens (primary N) is 1. The fraction of sp³-hybridized carbons (Fsp3) is 0.450. The van der Waals surface area contributed by atoms with Gasteiger partial charge in [0, 0.05) is 17.6 Å². The minimum Gasteiger partial charge on any atom is -0.424 e. The predicted octanol–water partition coefficient (Wildman–Crippen LogP) is 2.97. The van der Waals surface area contributed by atoms with Crippen LogP contribution in [0.5, 0.6) is 0 Å². The first-order valence-electron chi connectivity index (χ1n) is 10.4. The number of nitrogens with zero attached hydrogens (tertiary/aromatic N) is 2. The first-order valence-corrected chi connectivity index (χ1v) is 12.2. The number of fused-ring (bicyclic) bond motifs is 1. The third-order valence-corrected chi connectivity index (χ3v) is 7.54. The number of hydrogen-bond donors (Lipinski definition) is 1. The van der Waals surface area contributed by atoms with E-state index in [1.807, 2.05) is 0 Å². The molecule has 1 aromatic heterocycles. The number of anilines is 1.